The lowest BCUT2D eigenvalue weighted by atomic mass is 9.97. The summed E-state index contributed by atoms with van der Waals surface area (Å²) in [4.78, 5) is 55.3. The lowest BCUT2D eigenvalue weighted by Gasteiger charge is -2.38. The average Bonchev–Trinajstić information content (AvgIpc) is 2.98. The third-order valence-corrected chi connectivity index (χ3v) is 7.52. The number of unbranched alkanes of at least 4 members (excludes halogenated alkanes) is 3. The minimum atomic E-state index is -0.655. The molecule has 1 unspecified atom stereocenters. The summed E-state index contributed by atoms with van der Waals surface area (Å²) in [5, 5.41) is 5.58. The number of benzene rings is 2. The van der Waals surface area contributed by atoms with Crippen LogP contribution in [0.15, 0.2) is 48.5 Å². The Kier molecular flexibility index (Phi) is 12.2. The van der Waals surface area contributed by atoms with Crippen LogP contribution in [-0.4, -0.2) is 84.8 Å². The lowest BCUT2D eigenvalue weighted by molar-refractivity contribution is -0.155. The number of hydrogen-bond acceptors (Lipinski definition) is 4. The van der Waals surface area contributed by atoms with Gasteiger partial charge < -0.3 is 25.3 Å². The summed E-state index contributed by atoms with van der Waals surface area (Å²) in [5.41, 5.74) is 4.04. The highest BCUT2D eigenvalue weighted by Gasteiger charge is 2.37. The van der Waals surface area contributed by atoms with Crippen molar-refractivity contribution in [3.05, 3.63) is 59.7 Å². The van der Waals surface area contributed by atoms with Crippen molar-refractivity contribution >= 4 is 23.8 Å². The molecule has 2 N–H and O–H groups in total. The number of piperazine rings is 1. The molecule has 1 heterocycles. The molecule has 1 atom stereocenters. The van der Waals surface area contributed by atoms with E-state index in [1.165, 1.54) is 9.80 Å². The van der Waals surface area contributed by atoms with Gasteiger partial charge in [-0.2, -0.15) is 0 Å². The van der Waals surface area contributed by atoms with Crippen molar-refractivity contribution in [1.82, 2.24) is 25.3 Å². The van der Waals surface area contributed by atoms with Crippen molar-refractivity contribution in [2.24, 2.45) is 0 Å². The molecule has 222 valence electrons. The van der Waals surface area contributed by atoms with Crippen molar-refractivity contribution in [2.45, 2.75) is 65.0 Å². The van der Waals surface area contributed by atoms with E-state index in [1.807, 2.05) is 47.4 Å². The van der Waals surface area contributed by atoms with Crippen LogP contribution in [0.3, 0.4) is 0 Å². The van der Waals surface area contributed by atoms with Gasteiger partial charge in [-0.15, -0.1) is 0 Å². The molecular weight excluding hydrogens is 518 g/mol. The molecule has 1 fully saturated rings. The van der Waals surface area contributed by atoms with Crippen molar-refractivity contribution in [3.8, 4) is 11.1 Å². The zero-order valence-electron chi connectivity index (χ0n) is 24.9. The summed E-state index contributed by atoms with van der Waals surface area (Å²) >= 11 is 0. The molecule has 41 heavy (non-hydrogen) atoms. The van der Waals surface area contributed by atoms with E-state index in [9.17, 15) is 19.2 Å². The Bertz CT molecular complexity index is 1180. The first-order valence-electron chi connectivity index (χ1n) is 14.7. The Morgan fingerprint density at radius 1 is 0.951 bits per heavy atom. The number of nitrogens with zero attached hydrogens (tertiary/aromatic N) is 3. The highest BCUT2D eigenvalue weighted by atomic mass is 16.2. The third kappa shape index (κ3) is 9.06. The molecule has 0 spiro atoms. The highest BCUT2D eigenvalue weighted by Crippen LogP contribution is 2.23. The predicted molar refractivity (Wildman–Crippen MR) is 161 cm³/mol. The molecule has 0 bridgehead atoms. The molecule has 2 aromatic rings. The van der Waals surface area contributed by atoms with Crippen LogP contribution in [0.25, 0.3) is 11.1 Å². The second kappa shape index (κ2) is 15.8. The number of rotatable bonds is 14. The van der Waals surface area contributed by atoms with Crippen LogP contribution >= 0.6 is 0 Å². The number of nitrogens with one attached hydrogen (secondary N) is 2. The van der Waals surface area contributed by atoms with Gasteiger partial charge in [0.15, 0.2) is 0 Å². The summed E-state index contributed by atoms with van der Waals surface area (Å²) in [6, 6.07) is 15.4. The van der Waals surface area contributed by atoms with Crippen LogP contribution < -0.4 is 10.6 Å². The van der Waals surface area contributed by atoms with Crippen molar-refractivity contribution in [3.63, 3.8) is 0 Å². The van der Waals surface area contributed by atoms with Gasteiger partial charge in [-0.25, -0.2) is 4.79 Å². The van der Waals surface area contributed by atoms with Crippen LogP contribution in [0.1, 0.15) is 57.1 Å². The van der Waals surface area contributed by atoms with E-state index in [4.69, 9.17) is 0 Å². The van der Waals surface area contributed by atoms with E-state index in [2.05, 4.69) is 30.5 Å². The summed E-state index contributed by atoms with van der Waals surface area (Å²) < 4.78 is 0. The van der Waals surface area contributed by atoms with Gasteiger partial charge in [-0.1, -0.05) is 75.6 Å². The van der Waals surface area contributed by atoms with Gasteiger partial charge in [0.25, 0.3) is 0 Å². The monoisotopic (exact) mass is 563 g/mol. The SMILES string of the molecule is CCCCCNC(=O)CN1CC(=O)N(C)C(Cc2ccc(-c3cccc(CN(CCCC)C(=O)NC)c3)cc2)C1=O. The van der Waals surface area contributed by atoms with E-state index in [0.29, 0.717) is 26.1 Å². The number of urea groups is 1. The lowest BCUT2D eigenvalue weighted by Crippen LogP contribution is -2.60. The third-order valence-electron chi connectivity index (χ3n) is 7.52. The molecule has 9 nitrogen and oxygen atoms in total. The Labute approximate surface area is 244 Å². The summed E-state index contributed by atoms with van der Waals surface area (Å²) in [7, 11) is 3.30. The van der Waals surface area contributed by atoms with Gasteiger partial charge in [0.2, 0.25) is 17.7 Å². The Morgan fingerprint density at radius 3 is 2.37 bits per heavy atom. The average molecular weight is 564 g/mol. The van der Waals surface area contributed by atoms with Gasteiger partial charge in [-0.3, -0.25) is 14.4 Å². The van der Waals surface area contributed by atoms with Crippen LogP contribution in [0.5, 0.6) is 0 Å². The summed E-state index contributed by atoms with van der Waals surface area (Å²) in [6.07, 6.45) is 5.33. The van der Waals surface area contributed by atoms with Gasteiger partial charge >= 0.3 is 6.03 Å². The first-order chi connectivity index (χ1) is 19.8. The van der Waals surface area contributed by atoms with Gasteiger partial charge in [0.1, 0.15) is 19.1 Å². The molecule has 0 aromatic heterocycles. The van der Waals surface area contributed by atoms with Crippen LogP contribution in [0.4, 0.5) is 4.79 Å². The van der Waals surface area contributed by atoms with Crippen molar-refractivity contribution in [1.29, 1.82) is 0 Å². The predicted octanol–water partition coefficient (Wildman–Crippen LogP) is 3.81. The standard InChI is InChI=1S/C32H45N5O4/c1-5-7-9-17-34-29(38)22-37-23-30(39)35(4)28(31(37)40)20-24-13-15-26(16-14-24)27-12-10-11-25(19-27)21-36(18-8-6-2)32(41)33-3/h10-16,19,28H,5-9,17-18,20-23H2,1-4H3,(H,33,41)(H,34,38). The number of amides is 5. The van der Waals surface area contributed by atoms with Crippen LogP contribution in [-0.2, 0) is 27.3 Å². The van der Waals surface area contributed by atoms with Gasteiger partial charge in [0.05, 0.1) is 0 Å². The maximum atomic E-state index is 13.3. The zero-order chi connectivity index (χ0) is 29.8. The van der Waals surface area contributed by atoms with Gasteiger partial charge in [0, 0.05) is 40.2 Å². The quantitative estimate of drug-likeness (QED) is 0.341. The second-order valence-corrected chi connectivity index (χ2v) is 10.7. The molecule has 5 amide bonds. The molecule has 1 aliphatic rings. The summed E-state index contributed by atoms with van der Waals surface area (Å²) in [5.74, 6) is -0.621. The molecule has 2 aromatic carbocycles. The van der Waals surface area contributed by atoms with E-state index < -0.39 is 6.04 Å². The maximum absolute atomic E-state index is 13.3. The first-order valence-corrected chi connectivity index (χ1v) is 14.7. The number of likely N-dealkylation sites (N-methyl/N-ethyl adjacent to an activating group) is 1. The van der Waals surface area contributed by atoms with Gasteiger partial charge in [-0.05, 0) is 41.2 Å². The molecule has 1 saturated heterocycles. The molecule has 0 aliphatic carbocycles. The Hall–Kier alpha value is -3.88. The zero-order valence-corrected chi connectivity index (χ0v) is 24.9. The maximum Gasteiger partial charge on any atom is 0.317 e. The fourth-order valence-corrected chi connectivity index (χ4v) is 4.98. The topological polar surface area (TPSA) is 102 Å². The number of carbonyl (C=O) groups is 4. The molecule has 0 radical (unpaired) electrons. The fraction of sp³-hybridized carbons (Fsp3) is 0.500. The van der Waals surface area contributed by atoms with Crippen molar-refractivity contribution < 1.29 is 19.2 Å². The first kappa shape index (κ1) is 31.6. The van der Waals surface area contributed by atoms with E-state index in [1.54, 1.807) is 14.1 Å². The van der Waals surface area contributed by atoms with E-state index >= 15 is 0 Å². The molecule has 3 rings (SSSR count). The smallest absolute Gasteiger partial charge is 0.317 e. The normalized spacial score (nSPS) is 15.2. The largest absolute Gasteiger partial charge is 0.355 e. The molecule has 0 saturated carbocycles. The van der Waals surface area contributed by atoms with E-state index in [0.717, 1.165) is 54.4 Å². The fourth-order valence-electron chi connectivity index (χ4n) is 4.98. The highest BCUT2D eigenvalue weighted by molar-refractivity contribution is 5.97. The minimum Gasteiger partial charge on any atom is -0.355 e. The summed E-state index contributed by atoms with van der Waals surface area (Å²) in [6.45, 7) is 5.83. The van der Waals surface area contributed by atoms with Crippen LogP contribution in [0.2, 0.25) is 0 Å². The molecular formula is C32H45N5O4. The Balaban J connectivity index is 1.66. The second-order valence-electron chi connectivity index (χ2n) is 10.7. The number of hydrogen-bond donors (Lipinski definition) is 2. The van der Waals surface area contributed by atoms with Crippen molar-refractivity contribution in [2.75, 3.05) is 40.3 Å². The van der Waals surface area contributed by atoms with E-state index in [-0.39, 0.29) is 36.8 Å². The minimum absolute atomic E-state index is 0.0833. The Morgan fingerprint density at radius 2 is 1.68 bits per heavy atom. The molecule has 9 heteroatoms. The van der Waals surface area contributed by atoms with Crippen LogP contribution in [0, 0.1) is 0 Å². The number of carbonyl (C=O) groups excluding carboxylic acids is 4. The molecule has 1 aliphatic heterocycles.